The normalized spacial score (nSPS) is 10.6. The Hall–Kier alpha value is -2.74. The van der Waals surface area contributed by atoms with Crippen molar-refractivity contribution in [2.24, 2.45) is 0 Å². The van der Waals surface area contributed by atoms with Crippen LogP contribution < -0.4 is 26.6 Å². The van der Waals surface area contributed by atoms with E-state index in [1.807, 2.05) is 6.92 Å². The van der Waals surface area contributed by atoms with Gasteiger partial charge in [-0.3, -0.25) is 19.1 Å². The van der Waals surface area contributed by atoms with Crippen LogP contribution in [0.1, 0.15) is 30.1 Å². The molecule has 0 aliphatic carbocycles. The maximum atomic E-state index is 12.9. The van der Waals surface area contributed by atoms with Gasteiger partial charge in [-0.1, -0.05) is 24.9 Å². The van der Waals surface area contributed by atoms with Crippen LogP contribution in [0.3, 0.4) is 0 Å². The van der Waals surface area contributed by atoms with Crippen molar-refractivity contribution in [3.05, 3.63) is 49.6 Å². The Morgan fingerprint density at radius 3 is 2.69 bits per heavy atom. The van der Waals surface area contributed by atoms with E-state index in [1.165, 1.54) is 24.8 Å². The molecule has 0 aliphatic heterocycles. The van der Waals surface area contributed by atoms with E-state index >= 15 is 0 Å². The van der Waals surface area contributed by atoms with Crippen LogP contribution in [0.25, 0.3) is 0 Å². The van der Waals surface area contributed by atoms with Gasteiger partial charge in [-0.2, -0.15) is 0 Å². The smallest absolute Gasteiger partial charge is 0.330 e. The maximum absolute atomic E-state index is 12.9. The molecule has 1 aromatic carbocycles. The predicted molar refractivity (Wildman–Crippen MR) is 101 cm³/mol. The topological polar surface area (TPSA) is 110 Å². The monoisotopic (exact) mass is 380 g/mol. The van der Waals surface area contributed by atoms with E-state index in [0.29, 0.717) is 23.7 Å². The summed E-state index contributed by atoms with van der Waals surface area (Å²) in [6.45, 7) is 2.31. The number of anilines is 2. The van der Waals surface area contributed by atoms with Gasteiger partial charge in [-0.15, -0.1) is 0 Å². The van der Waals surface area contributed by atoms with Gasteiger partial charge in [0.15, 0.2) is 5.69 Å². The number of carbonyl (C=O) groups is 1. The first-order chi connectivity index (χ1) is 12.3. The van der Waals surface area contributed by atoms with Crippen LogP contribution in [0.4, 0.5) is 11.5 Å². The molecular formula is C17H21ClN4O4. The average Bonchev–Trinajstić information content (AvgIpc) is 2.60. The molecule has 1 aromatic heterocycles. The summed E-state index contributed by atoms with van der Waals surface area (Å²) in [5.74, 6) is -0.299. The van der Waals surface area contributed by atoms with E-state index in [1.54, 1.807) is 12.1 Å². The van der Waals surface area contributed by atoms with Gasteiger partial charge >= 0.3 is 5.69 Å². The van der Waals surface area contributed by atoms with Crippen LogP contribution in [-0.2, 0) is 6.54 Å². The number of nitrogens with zero attached hydrogens (tertiary/aromatic N) is 2. The molecule has 0 radical (unpaired) electrons. The van der Waals surface area contributed by atoms with Crippen molar-refractivity contribution < 1.29 is 9.53 Å². The second-order valence-electron chi connectivity index (χ2n) is 5.71. The molecule has 26 heavy (non-hydrogen) atoms. The Labute approximate surface area is 155 Å². The van der Waals surface area contributed by atoms with E-state index in [2.05, 4.69) is 4.98 Å². The summed E-state index contributed by atoms with van der Waals surface area (Å²) in [4.78, 5) is 40.5. The minimum absolute atomic E-state index is 0.0657. The predicted octanol–water partition coefficient (Wildman–Crippen LogP) is 1.86. The molecule has 140 valence electrons. The van der Waals surface area contributed by atoms with Gasteiger partial charge in [0.2, 0.25) is 0 Å². The lowest BCUT2D eigenvalue weighted by Gasteiger charge is -2.21. The fraction of sp³-hybridized carbons (Fsp3) is 0.353. The second kappa shape index (κ2) is 8.09. The van der Waals surface area contributed by atoms with Gasteiger partial charge in [0, 0.05) is 18.6 Å². The summed E-state index contributed by atoms with van der Waals surface area (Å²) < 4.78 is 6.43. The Balaban J connectivity index is 2.55. The molecule has 1 heterocycles. The number of nitrogen functional groups attached to an aromatic ring is 1. The largest absolute Gasteiger partial charge is 0.496 e. The number of halogens is 1. The lowest BCUT2D eigenvalue weighted by atomic mass is 10.1. The van der Waals surface area contributed by atoms with E-state index in [-0.39, 0.29) is 17.1 Å². The molecule has 0 saturated carbocycles. The van der Waals surface area contributed by atoms with Crippen molar-refractivity contribution >= 4 is 29.0 Å². The summed E-state index contributed by atoms with van der Waals surface area (Å²) in [6, 6.07) is 4.58. The maximum Gasteiger partial charge on any atom is 0.330 e. The molecule has 0 aliphatic rings. The van der Waals surface area contributed by atoms with Crippen molar-refractivity contribution in [1.29, 1.82) is 0 Å². The van der Waals surface area contributed by atoms with Gasteiger partial charge in [0.05, 0.1) is 12.7 Å². The Kier molecular flexibility index (Phi) is 6.10. The van der Waals surface area contributed by atoms with Crippen LogP contribution in [0, 0.1) is 0 Å². The number of carbonyl (C=O) groups excluding carboxylic acids is 1. The van der Waals surface area contributed by atoms with Gasteiger partial charge in [0.1, 0.15) is 11.6 Å². The van der Waals surface area contributed by atoms with Gasteiger partial charge in [-0.25, -0.2) is 4.79 Å². The van der Waals surface area contributed by atoms with Crippen molar-refractivity contribution in [2.75, 3.05) is 24.8 Å². The summed E-state index contributed by atoms with van der Waals surface area (Å²) in [6.07, 6.45) is 1.55. The zero-order chi connectivity index (χ0) is 19.4. The van der Waals surface area contributed by atoms with Crippen molar-refractivity contribution in [3.8, 4) is 5.75 Å². The number of ether oxygens (including phenoxy) is 1. The summed E-state index contributed by atoms with van der Waals surface area (Å²) >= 11 is 5.97. The number of rotatable bonds is 6. The van der Waals surface area contributed by atoms with Crippen LogP contribution in [-0.4, -0.2) is 29.6 Å². The first-order valence-electron chi connectivity index (χ1n) is 8.06. The van der Waals surface area contributed by atoms with Gasteiger partial charge in [-0.05, 0) is 24.6 Å². The molecule has 0 bridgehead atoms. The molecular weight excluding hydrogens is 360 g/mol. The summed E-state index contributed by atoms with van der Waals surface area (Å²) in [5.41, 5.74) is 4.76. The van der Waals surface area contributed by atoms with Crippen LogP contribution in [0.5, 0.6) is 5.75 Å². The number of unbranched alkanes of at least 4 members (excludes halogenated alkanes) is 1. The highest BCUT2D eigenvalue weighted by molar-refractivity contribution is 6.31. The molecule has 3 N–H and O–H groups in total. The van der Waals surface area contributed by atoms with Gasteiger partial charge in [0.25, 0.3) is 11.5 Å². The number of hydrogen-bond donors (Lipinski definition) is 2. The number of methoxy groups -OCH3 is 1. The third kappa shape index (κ3) is 3.75. The number of aromatic amines is 1. The highest BCUT2D eigenvalue weighted by atomic mass is 35.5. The third-order valence-electron chi connectivity index (χ3n) is 3.98. The van der Waals surface area contributed by atoms with Crippen LogP contribution in [0.15, 0.2) is 27.8 Å². The van der Waals surface area contributed by atoms with Crippen LogP contribution in [0.2, 0.25) is 5.02 Å². The Morgan fingerprint density at radius 2 is 2.08 bits per heavy atom. The molecule has 8 nitrogen and oxygen atoms in total. The van der Waals surface area contributed by atoms with E-state index < -0.39 is 17.2 Å². The highest BCUT2D eigenvalue weighted by Crippen LogP contribution is 2.26. The lowest BCUT2D eigenvalue weighted by Crippen LogP contribution is -2.39. The zero-order valence-corrected chi connectivity index (χ0v) is 15.6. The fourth-order valence-electron chi connectivity index (χ4n) is 2.57. The minimum Gasteiger partial charge on any atom is -0.496 e. The number of amides is 1. The van der Waals surface area contributed by atoms with Crippen molar-refractivity contribution in [3.63, 3.8) is 0 Å². The number of H-pyrrole nitrogens is 1. The first-order valence-corrected chi connectivity index (χ1v) is 8.43. The second-order valence-corrected chi connectivity index (χ2v) is 6.14. The Morgan fingerprint density at radius 1 is 1.38 bits per heavy atom. The molecule has 0 unspecified atom stereocenters. The molecule has 0 spiro atoms. The number of nitrogens with one attached hydrogen (secondary N) is 1. The third-order valence-corrected chi connectivity index (χ3v) is 4.22. The minimum atomic E-state index is -0.739. The van der Waals surface area contributed by atoms with Gasteiger partial charge < -0.3 is 15.4 Å². The molecule has 0 saturated heterocycles. The molecule has 0 fully saturated rings. The van der Waals surface area contributed by atoms with Crippen LogP contribution >= 0.6 is 11.6 Å². The highest BCUT2D eigenvalue weighted by Gasteiger charge is 2.24. The number of hydrogen-bond acceptors (Lipinski definition) is 5. The molecule has 0 atom stereocenters. The van der Waals surface area contributed by atoms with Crippen molar-refractivity contribution in [1.82, 2.24) is 9.55 Å². The summed E-state index contributed by atoms with van der Waals surface area (Å²) in [7, 11) is 2.82. The van der Waals surface area contributed by atoms with E-state index in [9.17, 15) is 14.4 Å². The zero-order valence-electron chi connectivity index (χ0n) is 14.8. The fourth-order valence-corrected chi connectivity index (χ4v) is 2.74. The average molecular weight is 381 g/mol. The van der Waals surface area contributed by atoms with E-state index in [4.69, 9.17) is 22.1 Å². The Bertz CT molecular complexity index is 935. The SMILES string of the molecule is CCCCn1c(N)c(N(C)C(=O)c2cc(Cl)ccc2OC)c(=O)[nH]c1=O. The quantitative estimate of drug-likeness (QED) is 0.794. The number of nitrogens with two attached hydrogens (primary N) is 1. The first kappa shape index (κ1) is 19.6. The standard InChI is InChI=1S/C17H21ClN4O4/c1-4-5-8-22-14(19)13(15(23)20-17(22)25)21(2)16(24)11-9-10(18)6-7-12(11)26-3/h6-7,9H,4-5,8,19H2,1-3H3,(H,20,23,25). The molecule has 2 aromatic rings. The molecule has 9 heteroatoms. The number of aromatic nitrogens is 2. The lowest BCUT2D eigenvalue weighted by molar-refractivity contribution is 0.0989. The number of benzene rings is 1. The molecule has 1 amide bonds. The summed E-state index contributed by atoms with van der Waals surface area (Å²) in [5, 5.41) is 0.345. The molecule has 2 rings (SSSR count). The van der Waals surface area contributed by atoms with E-state index in [0.717, 1.165) is 11.3 Å². The van der Waals surface area contributed by atoms with Crippen molar-refractivity contribution in [2.45, 2.75) is 26.3 Å².